The summed E-state index contributed by atoms with van der Waals surface area (Å²) < 4.78 is 0. The molecule has 0 spiro atoms. The number of hydrogen-bond acceptors (Lipinski definition) is 3. The Kier molecular flexibility index (Phi) is 7.39. The number of hydrogen-bond donors (Lipinski definition) is 2. The lowest BCUT2D eigenvalue weighted by Crippen LogP contribution is -2.41. The SMILES string of the molecule is CCCNCC(O)CN1CCC(C(C)C)CCC1=O. The fraction of sp³-hybridized carbons (Fsp3) is 0.933. The van der Waals surface area contributed by atoms with Crippen LogP contribution in [0.1, 0.15) is 46.5 Å². The molecule has 0 bridgehead atoms. The second-order valence-corrected chi connectivity index (χ2v) is 6.03. The van der Waals surface area contributed by atoms with E-state index in [1.807, 2.05) is 4.90 Å². The summed E-state index contributed by atoms with van der Waals surface area (Å²) in [5.41, 5.74) is 0. The van der Waals surface area contributed by atoms with Crippen LogP contribution in [0.15, 0.2) is 0 Å². The van der Waals surface area contributed by atoms with Crippen molar-refractivity contribution in [3.05, 3.63) is 0 Å². The van der Waals surface area contributed by atoms with Crippen molar-refractivity contribution in [3.8, 4) is 0 Å². The molecule has 0 aliphatic carbocycles. The Hall–Kier alpha value is -0.610. The Morgan fingerprint density at radius 3 is 2.79 bits per heavy atom. The van der Waals surface area contributed by atoms with Gasteiger partial charge >= 0.3 is 0 Å². The zero-order chi connectivity index (χ0) is 14.3. The van der Waals surface area contributed by atoms with E-state index >= 15 is 0 Å². The van der Waals surface area contributed by atoms with Crippen LogP contribution in [0.4, 0.5) is 0 Å². The number of carbonyl (C=O) groups excluding carboxylic acids is 1. The predicted octanol–water partition coefficient (Wildman–Crippen LogP) is 1.63. The number of carbonyl (C=O) groups is 1. The molecule has 0 aromatic rings. The fourth-order valence-electron chi connectivity index (χ4n) is 2.68. The van der Waals surface area contributed by atoms with E-state index in [0.29, 0.717) is 31.3 Å². The summed E-state index contributed by atoms with van der Waals surface area (Å²) in [6.45, 7) is 9.32. The van der Waals surface area contributed by atoms with E-state index < -0.39 is 6.10 Å². The molecule has 1 amide bonds. The van der Waals surface area contributed by atoms with E-state index in [1.54, 1.807) is 0 Å². The monoisotopic (exact) mass is 270 g/mol. The molecule has 0 radical (unpaired) electrons. The van der Waals surface area contributed by atoms with Gasteiger partial charge in [-0.1, -0.05) is 20.8 Å². The quantitative estimate of drug-likeness (QED) is 0.691. The summed E-state index contributed by atoms with van der Waals surface area (Å²) in [5, 5.41) is 13.2. The molecule has 2 unspecified atom stereocenters. The highest BCUT2D eigenvalue weighted by atomic mass is 16.3. The maximum atomic E-state index is 12.0. The second kappa shape index (κ2) is 8.54. The van der Waals surface area contributed by atoms with E-state index in [9.17, 15) is 9.90 Å². The molecule has 1 rings (SSSR count). The highest BCUT2D eigenvalue weighted by Crippen LogP contribution is 2.25. The minimum absolute atomic E-state index is 0.206. The van der Waals surface area contributed by atoms with Gasteiger partial charge in [-0.25, -0.2) is 0 Å². The normalized spacial score (nSPS) is 22.7. The van der Waals surface area contributed by atoms with Crippen molar-refractivity contribution in [2.24, 2.45) is 11.8 Å². The van der Waals surface area contributed by atoms with Gasteiger partial charge < -0.3 is 15.3 Å². The third-order valence-electron chi connectivity index (χ3n) is 4.03. The molecule has 4 heteroatoms. The minimum atomic E-state index is -0.453. The second-order valence-electron chi connectivity index (χ2n) is 6.03. The fourth-order valence-corrected chi connectivity index (χ4v) is 2.68. The van der Waals surface area contributed by atoms with Gasteiger partial charge in [0.15, 0.2) is 0 Å². The number of nitrogens with zero attached hydrogens (tertiary/aromatic N) is 1. The van der Waals surface area contributed by atoms with Gasteiger partial charge in [0.1, 0.15) is 0 Å². The molecule has 2 N–H and O–H groups in total. The van der Waals surface area contributed by atoms with Crippen LogP contribution >= 0.6 is 0 Å². The predicted molar refractivity (Wildman–Crippen MR) is 77.9 cm³/mol. The summed E-state index contributed by atoms with van der Waals surface area (Å²) in [7, 11) is 0. The number of β-amino-alcohol motifs (C(OH)–C–C–N with tert-alkyl or cyclic N) is 1. The van der Waals surface area contributed by atoms with Gasteiger partial charge in [0.25, 0.3) is 0 Å². The first-order valence-electron chi connectivity index (χ1n) is 7.71. The summed E-state index contributed by atoms with van der Waals surface area (Å²) in [5.74, 6) is 1.49. The van der Waals surface area contributed by atoms with Crippen molar-refractivity contribution in [2.75, 3.05) is 26.2 Å². The molecular formula is C15H30N2O2. The number of aliphatic hydroxyl groups excluding tert-OH is 1. The number of nitrogens with one attached hydrogen (secondary N) is 1. The molecule has 112 valence electrons. The van der Waals surface area contributed by atoms with Gasteiger partial charge in [-0.05, 0) is 37.6 Å². The lowest BCUT2D eigenvalue weighted by Gasteiger charge is -2.24. The molecule has 4 nitrogen and oxygen atoms in total. The van der Waals surface area contributed by atoms with Gasteiger partial charge in [0.05, 0.1) is 6.10 Å². The van der Waals surface area contributed by atoms with Crippen molar-refractivity contribution in [3.63, 3.8) is 0 Å². The molecule has 0 saturated carbocycles. The first-order valence-corrected chi connectivity index (χ1v) is 7.71. The topological polar surface area (TPSA) is 52.6 Å². The summed E-state index contributed by atoms with van der Waals surface area (Å²) in [4.78, 5) is 13.9. The molecule has 1 heterocycles. The van der Waals surface area contributed by atoms with Gasteiger partial charge in [-0.15, -0.1) is 0 Å². The van der Waals surface area contributed by atoms with Gasteiger partial charge in [-0.3, -0.25) is 4.79 Å². The smallest absolute Gasteiger partial charge is 0.222 e. The molecule has 1 fully saturated rings. The van der Waals surface area contributed by atoms with Crippen molar-refractivity contribution in [2.45, 2.75) is 52.6 Å². The van der Waals surface area contributed by atoms with Crippen LogP contribution in [0.3, 0.4) is 0 Å². The average Bonchev–Trinajstić information content (AvgIpc) is 2.53. The van der Waals surface area contributed by atoms with E-state index in [2.05, 4.69) is 26.1 Å². The third-order valence-corrected chi connectivity index (χ3v) is 4.03. The molecule has 0 aromatic carbocycles. The Morgan fingerprint density at radius 1 is 1.42 bits per heavy atom. The molecule has 1 saturated heterocycles. The first kappa shape index (κ1) is 16.4. The highest BCUT2D eigenvalue weighted by Gasteiger charge is 2.25. The van der Waals surface area contributed by atoms with Crippen molar-refractivity contribution < 1.29 is 9.90 Å². The average molecular weight is 270 g/mol. The zero-order valence-corrected chi connectivity index (χ0v) is 12.7. The standard InChI is InChI=1S/C15H30N2O2/c1-4-8-16-10-14(18)11-17-9-7-13(12(2)3)5-6-15(17)19/h12-14,16,18H,4-11H2,1-3H3. The number of likely N-dealkylation sites (tertiary alicyclic amines) is 1. The third kappa shape index (κ3) is 5.91. The Bertz CT molecular complexity index is 269. The lowest BCUT2D eigenvalue weighted by atomic mass is 9.89. The van der Waals surface area contributed by atoms with Crippen LogP contribution in [-0.4, -0.2) is 48.2 Å². The van der Waals surface area contributed by atoms with Crippen LogP contribution in [0.2, 0.25) is 0 Å². The van der Waals surface area contributed by atoms with Crippen LogP contribution in [0.25, 0.3) is 0 Å². The van der Waals surface area contributed by atoms with E-state index in [-0.39, 0.29) is 5.91 Å². The lowest BCUT2D eigenvalue weighted by molar-refractivity contribution is -0.132. The van der Waals surface area contributed by atoms with Crippen molar-refractivity contribution in [1.29, 1.82) is 0 Å². The first-order chi connectivity index (χ1) is 9.04. The molecular weight excluding hydrogens is 240 g/mol. The highest BCUT2D eigenvalue weighted by molar-refractivity contribution is 5.76. The Morgan fingerprint density at radius 2 is 2.16 bits per heavy atom. The summed E-state index contributed by atoms with van der Waals surface area (Å²) in [6.07, 6.45) is 3.31. The van der Waals surface area contributed by atoms with Gasteiger partial charge in [0, 0.05) is 26.1 Å². The van der Waals surface area contributed by atoms with E-state index in [0.717, 1.165) is 32.4 Å². The largest absolute Gasteiger partial charge is 0.390 e. The number of rotatable bonds is 7. The zero-order valence-electron chi connectivity index (χ0n) is 12.7. The van der Waals surface area contributed by atoms with Crippen LogP contribution in [0, 0.1) is 11.8 Å². The Balaban J connectivity index is 2.37. The molecule has 1 aliphatic rings. The van der Waals surface area contributed by atoms with Crippen molar-refractivity contribution in [1.82, 2.24) is 10.2 Å². The van der Waals surface area contributed by atoms with Crippen LogP contribution < -0.4 is 5.32 Å². The minimum Gasteiger partial charge on any atom is -0.390 e. The van der Waals surface area contributed by atoms with Crippen LogP contribution in [0.5, 0.6) is 0 Å². The Labute approximate surface area is 117 Å². The molecule has 0 aromatic heterocycles. The molecule has 2 atom stereocenters. The van der Waals surface area contributed by atoms with Crippen LogP contribution in [-0.2, 0) is 4.79 Å². The van der Waals surface area contributed by atoms with Crippen molar-refractivity contribution >= 4 is 5.91 Å². The number of aliphatic hydroxyl groups is 1. The van der Waals surface area contributed by atoms with Gasteiger partial charge in [0.2, 0.25) is 5.91 Å². The van der Waals surface area contributed by atoms with E-state index in [1.165, 1.54) is 0 Å². The maximum absolute atomic E-state index is 12.0. The maximum Gasteiger partial charge on any atom is 0.222 e. The molecule has 19 heavy (non-hydrogen) atoms. The van der Waals surface area contributed by atoms with E-state index in [4.69, 9.17) is 0 Å². The summed E-state index contributed by atoms with van der Waals surface area (Å²) >= 11 is 0. The summed E-state index contributed by atoms with van der Waals surface area (Å²) in [6, 6.07) is 0. The molecule has 1 aliphatic heterocycles. The number of amides is 1. The van der Waals surface area contributed by atoms with Gasteiger partial charge in [-0.2, -0.15) is 0 Å².